The zero-order valence-electron chi connectivity index (χ0n) is 9.86. The summed E-state index contributed by atoms with van der Waals surface area (Å²) in [6.45, 7) is 6.57. The van der Waals surface area contributed by atoms with Gasteiger partial charge >= 0.3 is 0 Å². The summed E-state index contributed by atoms with van der Waals surface area (Å²) in [6.07, 6.45) is 1.96. The Labute approximate surface area is 114 Å². The van der Waals surface area contributed by atoms with Gasteiger partial charge in [-0.15, -0.1) is 0 Å². The first-order valence-electron chi connectivity index (χ1n) is 5.37. The first-order chi connectivity index (χ1) is 7.28. The molecule has 0 bridgehead atoms. The van der Waals surface area contributed by atoms with Gasteiger partial charge in [-0.1, -0.05) is 52.6 Å². The van der Waals surface area contributed by atoms with Crippen molar-refractivity contribution in [2.24, 2.45) is 5.41 Å². The molecule has 0 aromatic heterocycles. The largest absolute Gasteiger partial charge is 0.207 e. The lowest BCUT2D eigenvalue weighted by Crippen LogP contribution is -2.18. The molecular formula is C13H17Br2F. The fourth-order valence-corrected chi connectivity index (χ4v) is 3.49. The standard InChI is InChI=1S/C13H17Br2F/c1-9(14)7-13(2,3)8-10-4-11(15)6-12(16)5-10/h4-6,9H,7-8H2,1-3H3. The van der Waals surface area contributed by atoms with Crippen molar-refractivity contribution in [1.82, 2.24) is 0 Å². The average Bonchev–Trinajstić information content (AvgIpc) is 1.95. The van der Waals surface area contributed by atoms with Gasteiger partial charge in [0.05, 0.1) is 0 Å². The maximum atomic E-state index is 13.2. The van der Waals surface area contributed by atoms with Crippen LogP contribution in [0.1, 0.15) is 32.8 Å². The van der Waals surface area contributed by atoms with Crippen molar-refractivity contribution in [3.63, 3.8) is 0 Å². The lowest BCUT2D eigenvalue weighted by atomic mass is 9.82. The molecule has 0 aliphatic heterocycles. The van der Waals surface area contributed by atoms with E-state index in [0.29, 0.717) is 4.83 Å². The predicted molar refractivity (Wildman–Crippen MR) is 74.6 cm³/mol. The van der Waals surface area contributed by atoms with Gasteiger partial charge < -0.3 is 0 Å². The quantitative estimate of drug-likeness (QED) is 0.643. The molecule has 90 valence electrons. The van der Waals surface area contributed by atoms with E-state index in [1.807, 2.05) is 6.07 Å². The highest BCUT2D eigenvalue weighted by Gasteiger charge is 2.21. The Morgan fingerprint density at radius 1 is 1.31 bits per heavy atom. The Bertz CT molecular complexity index is 339. The van der Waals surface area contributed by atoms with Gasteiger partial charge in [-0.2, -0.15) is 0 Å². The summed E-state index contributed by atoms with van der Waals surface area (Å²) >= 11 is 6.89. The zero-order chi connectivity index (χ0) is 12.3. The fourth-order valence-electron chi connectivity index (χ4n) is 2.10. The Hall–Kier alpha value is 0.110. The summed E-state index contributed by atoms with van der Waals surface area (Å²) < 4.78 is 14.0. The van der Waals surface area contributed by atoms with Gasteiger partial charge in [0.25, 0.3) is 0 Å². The Balaban J connectivity index is 2.79. The highest BCUT2D eigenvalue weighted by Crippen LogP contribution is 2.30. The van der Waals surface area contributed by atoms with Crippen LogP contribution in [0.2, 0.25) is 0 Å². The number of rotatable bonds is 4. The maximum Gasteiger partial charge on any atom is 0.124 e. The molecule has 1 unspecified atom stereocenters. The molecule has 0 nitrogen and oxygen atoms in total. The molecule has 0 aliphatic rings. The highest BCUT2D eigenvalue weighted by atomic mass is 79.9. The molecule has 0 radical (unpaired) electrons. The summed E-state index contributed by atoms with van der Waals surface area (Å²) in [6, 6.07) is 5.10. The summed E-state index contributed by atoms with van der Waals surface area (Å²) in [5.41, 5.74) is 1.22. The average molecular weight is 352 g/mol. The van der Waals surface area contributed by atoms with Crippen LogP contribution in [0.4, 0.5) is 4.39 Å². The highest BCUT2D eigenvalue weighted by molar-refractivity contribution is 9.10. The molecule has 1 rings (SSSR count). The van der Waals surface area contributed by atoms with Crippen LogP contribution in [-0.4, -0.2) is 4.83 Å². The van der Waals surface area contributed by atoms with Crippen molar-refractivity contribution in [1.29, 1.82) is 0 Å². The van der Waals surface area contributed by atoms with Crippen LogP contribution in [0.5, 0.6) is 0 Å². The van der Waals surface area contributed by atoms with Crippen molar-refractivity contribution in [2.75, 3.05) is 0 Å². The lowest BCUT2D eigenvalue weighted by Gasteiger charge is -2.26. The molecular weight excluding hydrogens is 335 g/mol. The van der Waals surface area contributed by atoms with Crippen LogP contribution in [0.3, 0.4) is 0 Å². The number of hydrogen-bond acceptors (Lipinski definition) is 0. The first kappa shape index (κ1) is 14.2. The van der Waals surface area contributed by atoms with Crippen LogP contribution in [0.15, 0.2) is 22.7 Å². The van der Waals surface area contributed by atoms with E-state index in [-0.39, 0.29) is 11.2 Å². The van der Waals surface area contributed by atoms with E-state index < -0.39 is 0 Å². The molecule has 0 aliphatic carbocycles. The molecule has 0 amide bonds. The maximum absolute atomic E-state index is 13.2. The lowest BCUT2D eigenvalue weighted by molar-refractivity contribution is 0.334. The summed E-state index contributed by atoms with van der Waals surface area (Å²) in [7, 11) is 0. The minimum absolute atomic E-state index is 0.174. The SMILES string of the molecule is CC(Br)CC(C)(C)Cc1cc(F)cc(Br)c1. The topological polar surface area (TPSA) is 0 Å². The van der Waals surface area contributed by atoms with E-state index >= 15 is 0 Å². The number of halogens is 3. The number of benzene rings is 1. The van der Waals surface area contributed by atoms with Crippen LogP contribution >= 0.6 is 31.9 Å². The van der Waals surface area contributed by atoms with Gasteiger partial charge in [-0.05, 0) is 42.0 Å². The van der Waals surface area contributed by atoms with E-state index in [2.05, 4.69) is 52.6 Å². The molecule has 0 saturated carbocycles. The van der Waals surface area contributed by atoms with Gasteiger partial charge in [0.15, 0.2) is 0 Å². The molecule has 0 spiro atoms. The Morgan fingerprint density at radius 2 is 1.94 bits per heavy atom. The minimum Gasteiger partial charge on any atom is -0.207 e. The van der Waals surface area contributed by atoms with Gasteiger partial charge in [-0.3, -0.25) is 0 Å². The molecule has 3 heteroatoms. The van der Waals surface area contributed by atoms with Crippen molar-refractivity contribution >= 4 is 31.9 Å². The molecule has 0 heterocycles. The summed E-state index contributed by atoms with van der Waals surface area (Å²) in [5, 5.41) is 0. The van der Waals surface area contributed by atoms with Crippen LogP contribution in [-0.2, 0) is 6.42 Å². The van der Waals surface area contributed by atoms with Crippen molar-refractivity contribution in [3.8, 4) is 0 Å². The second kappa shape index (κ2) is 5.63. The molecule has 16 heavy (non-hydrogen) atoms. The summed E-state index contributed by atoms with van der Waals surface area (Å²) in [5.74, 6) is -0.174. The third-order valence-corrected chi connectivity index (χ3v) is 3.22. The monoisotopic (exact) mass is 350 g/mol. The molecule has 1 atom stereocenters. The molecule has 0 saturated heterocycles. The van der Waals surface area contributed by atoms with E-state index in [4.69, 9.17) is 0 Å². The van der Waals surface area contributed by atoms with E-state index in [9.17, 15) is 4.39 Å². The van der Waals surface area contributed by atoms with Gasteiger partial charge in [0, 0.05) is 9.30 Å². The Morgan fingerprint density at radius 3 is 2.44 bits per heavy atom. The number of hydrogen-bond donors (Lipinski definition) is 0. The molecule has 0 N–H and O–H groups in total. The van der Waals surface area contributed by atoms with Gasteiger partial charge in [-0.25, -0.2) is 4.39 Å². The van der Waals surface area contributed by atoms with Gasteiger partial charge in [0.2, 0.25) is 0 Å². The van der Waals surface area contributed by atoms with E-state index in [1.54, 1.807) is 6.07 Å². The van der Waals surface area contributed by atoms with E-state index in [1.165, 1.54) is 6.07 Å². The van der Waals surface area contributed by atoms with Crippen molar-refractivity contribution in [2.45, 2.75) is 38.4 Å². The predicted octanol–water partition coefficient (Wildman–Crippen LogP) is 5.33. The second-order valence-electron chi connectivity index (χ2n) is 5.10. The molecule has 1 aromatic rings. The van der Waals surface area contributed by atoms with Crippen LogP contribution in [0, 0.1) is 11.2 Å². The first-order valence-corrected chi connectivity index (χ1v) is 7.08. The fraction of sp³-hybridized carbons (Fsp3) is 0.538. The van der Waals surface area contributed by atoms with Crippen molar-refractivity contribution < 1.29 is 4.39 Å². The number of alkyl halides is 1. The summed E-state index contributed by atoms with van der Waals surface area (Å²) in [4.78, 5) is 0.486. The second-order valence-corrected chi connectivity index (χ2v) is 7.58. The zero-order valence-corrected chi connectivity index (χ0v) is 13.0. The van der Waals surface area contributed by atoms with E-state index in [0.717, 1.165) is 22.9 Å². The van der Waals surface area contributed by atoms with Gasteiger partial charge in [0.1, 0.15) is 5.82 Å². The minimum atomic E-state index is -0.174. The third-order valence-electron chi connectivity index (χ3n) is 2.44. The molecule has 0 fully saturated rings. The molecule has 1 aromatic carbocycles. The van der Waals surface area contributed by atoms with Crippen LogP contribution < -0.4 is 0 Å². The Kier molecular flexibility index (Phi) is 4.99. The van der Waals surface area contributed by atoms with Crippen molar-refractivity contribution in [3.05, 3.63) is 34.1 Å². The third kappa shape index (κ3) is 4.96. The smallest absolute Gasteiger partial charge is 0.124 e. The normalized spacial score (nSPS) is 13.9. The van der Waals surface area contributed by atoms with Crippen LogP contribution in [0.25, 0.3) is 0 Å².